The Kier molecular flexibility index (Phi) is 6.27. The van der Waals surface area contributed by atoms with Crippen LogP contribution in [-0.2, 0) is 14.3 Å². The number of hydrogen-bond acceptors (Lipinski definition) is 4. The largest absolute Gasteiger partial charge is 0.381 e. The van der Waals surface area contributed by atoms with Gasteiger partial charge in [-0.1, -0.05) is 30.3 Å². The zero-order chi connectivity index (χ0) is 18.4. The number of hydrogen-bond donors (Lipinski definition) is 3. The standard InChI is InChI=1S/C20H28N2O4/c23-18(14-20(19(24)22-25)10-12-26-13-11-20)21-17-8-6-16(7-9-17)15-4-2-1-3-5-15/h1-5,16-17,25H,6-14H2,(H,21,23)(H,22,24). The molecule has 3 N–H and O–H groups in total. The lowest BCUT2D eigenvalue weighted by Crippen LogP contribution is -2.48. The lowest BCUT2D eigenvalue weighted by atomic mass is 9.76. The van der Waals surface area contributed by atoms with E-state index in [1.54, 1.807) is 5.48 Å². The summed E-state index contributed by atoms with van der Waals surface area (Å²) < 4.78 is 5.31. The first kappa shape index (κ1) is 18.9. The second-order valence-corrected chi connectivity index (χ2v) is 7.54. The highest BCUT2D eigenvalue weighted by Crippen LogP contribution is 2.36. The van der Waals surface area contributed by atoms with Gasteiger partial charge in [0.15, 0.2) is 0 Å². The number of amides is 2. The average molecular weight is 360 g/mol. The van der Waals surface area contributed by atoms with Crippen molar-refractivity contribution in [1.29, 1.82) is 0 Å². The molecule has 0 unspecified atom stereocenters. The highest BCUT2D eigenvalue weighted by molar-refractivity contribution is 5.88. The van der Waals surface area contributed by atoms with Crippen molar-refractivity contribution in [2.45, 2.75) is 56.9 Å². The van der Waals surface area contributed by atoms with Crippen LogP contribution in [0.4, 0.5) is 0 Å². The molecular weight excluding hydrogens is 332 g/mol. The fourth-order valence-corrected chi connectivity index (χ4v) is 4.25. The summed E-state index contributed by atoms with van der Waals surface area (Å²) in [6, 6.07) is 10.7. The molecule has 1 heterocycles. The number of nitrogens with one attached hydrogen (secondary N) is 2. The van der Waals surface area contributed by atoms with Gasteiger partial charge in [0.2, 0.25) is 11.8 Å². The van der Waals surface area contributed by atoms with Crippen LogP contribution in [0.25, 0.3) is 0 Å². The van der Waals surface area contributed by atoms with E-state index in [1.807, 2.05) is 6.07 Å². The van der Waals surface area contributed by atoms with Crippen molar-refractivity contribution in [3.63, 3.8) is 0 Å². The number of carbonyl (C=O) groups excluding carboxylic acids is 2. The normalized spacial score (nSPS) is 25.3. The molecule has 2 aliphatic rings. The minimum atomic E-state index is -0.863. The van der Waals surface area contributed by atoms with Crippen molar-refractivity contribution in [3.05, 3.63) is 35.9 Å². The fraction of sp³-hybridized carbons (Fsp3) is 0.600. The van der Waals surface area contributed by atoms with E-state index in [0.29, 0.717) is 32.0 Å². The molecule has 2 fully saturated rings. The van der Waals surface area contributed by atoms with Crippen LogP contribution in [-0.4, -0.2) is 36.3 Å². The predicted molar refractivity (Wildman–Crippen MR) is 96.6 cm³/mol. The van der Waals surface area contributed by atoms with Crippen molar-refractivity contribution < 1.29 is 19.5 Å². The predicted octanol–water partition coefficient (Wildman–Crippen LogP) is 2.52. The summed E-state index contributed by atoms with van der Waals surface area (Å²) in [6.45, 7) is 0.867. The first-order valence-corrected chi connectivity index (χ1v) is 9.49. The van der Waals surface area contributed by atoms with Gasteiger partial charge in [0.05, 0.1) is 5.41 Å². The zero-order valence-electron chi connectivity index (χ0n) is 15.1. The molecule has 1 aromatic carbocycles. The Hall–Kier alpha value is -1.92. The van der Waals surface area contributed by atoms with Crippen LogP contribution in [0.2, 0.25) is 0 Å². The zero-order valence-corrected chi connectivity index (χ0v) is 15.1. The van der Waals surface area contributed by atoms with Crippen LogP contribution in [0.1, 0.15) is 56.4 Å². The van der Waals surface area contributed by atoms with Gasteiger partial charge in [-0.2, -0.15) is 0 Å². The van der Waals surface area contributed by atoms with E-state index in [1.165, 1.54) is 5.56 Å². The first-order chi connectivity index (χ1) is 12.6. The molecule has 1 saturated heterocycles. The Morgan fingerprint density at radius 3 is 2.35 bits per heavy atom. The van der Waals surface area contributed by atoms with Gasteiger partial charge in [0.1, 0.15) is 0 Å². The number of rotatable bonds is 5. The summed E-state index contributed by atoms with van der Waals surface area (Å²) in [5, 5.41) is 12.2. The van der Waals surface area contributed by atoms with Crippen molar-refractivity contribution in [1.82, 2.24) is 10.8 Å². The number of hydroxylamine groups is 1. The molecule has 2 amide bonds. The van der Waals surface area contributed by atoms with E-state index < -0.39 is 11.3 Å². The minimum absolute atomic E-state index is 0.0986. The van der Waals surface area contributed by atoms with E-state index in [4.69, 9.17) is 9.94 Å². The third-order valence-corrected chi connectivity index (χ3v) is 5.90. The monoisotopic (exact) mass is 360 g/mol. The molecule has 0 bridgehead atoms. The van der Waals surface area contributed by atoms with Crippen LogP contribution >= 0.6 is 0 Å². The van der Waals surface area contributed by atoms with Crippen LogP contribution in [0, 0.1) is 5.41 Å². The molecule has 26 heavy (non-hydrogen) atoms. The van der Waals surface area contributed by atoms with E-state index in [2.05, 4.69) is 29.6 Å². The van der Waals surface area contributed by atoms with E-state index in [0.717, 1.165) is 25.7 Å². The van der Waals surface area contributed by atoms with Crippen LogP contribution in [0.3, 0.4) is 0 Å². The van der Waals surface area contributed by atoms with Gasteiger partial charge in [-0.3, -0.25) is 14.8 Å². The summed E-state index contributed by atoms with van der Waals surface area (Å²) >= 11 is 0. The summed E-state index contributed by atoms with van der Waals surface area (Å²) in [5.41, 5.74) is 2.24. The summed E-state index contributed by atoms with van der Waals surface area (Å²) in [5.74, 6) is -0.0336. The Labute approximate surface area is 154 Å². The number of ether oxygens (including phenoxy) is 1. The molecule has 6 heteroatoms. The molecule has 0 radical (unpaired) electrons. The second kappa shape index (κ2) is 8.64. The maximum Gasteiger partial charge on any atom is 0.250 e. The van der Waals surface area contributed by atoms with Gasteiger partial charge in [-0.05, 0) is 50.0 Å². The first-order valence-electron chi connectivity index (χ1n) is 9.49. The van der Waals surface area contributed by atoms with Crippen LogP contribution < -0.4 is 10.8 Å². The smallest absolute Gasteiger partial charge is 0.250 e. The molecule has 0 aromatic heterocycles. The van der Waals surface area contributed by atoms with Crippen molar-refractivity contribution in [3.8, 4) is 0 Å². The Balaban J connectivity index is 1.51. The summed E-state index contributed by atoms with van der Waals surface area (Å²) in [4.78, 5) is 24.7. The lowest BCUT2D eigenvalue weighted by molar-refractivity contribution is -0.149. The third-order valence-electron chi connectivity index (χ3n) is 5.90. The van der Waals surface area contributed by atoms with Crippen LogP contribution in [0.15, 0.2) is 30.3 Å². The molecule has 142 valence electrons. The van der Waals surface area contributed by atoms with Crippen molar-refractivity contribution in [2.75, 3.05) is 13.2 Å². The van der Waals surface area contributed by atoms with Gasteiger partial charge < -0.3 is 10.1 Å². The van der Waals surface area contributed by atoms with E-state index in [9.17, 15) is 9.59 Å². The molecule has 3 rings (SSSR count). The molecule has 1 saturated carbocycles. The number of benzene rings is 1. The molecule has 0 atom stereocenters. The Morgan fingerprint density at radius 2 is 1.73 bits per heavy atom. The SMILES string of the molecule is O=C(CC1(C(=O)NO)CCOCC1)NC1CCC(c2ccccc2)CC1. The summed E-state index contributed by atoms with van der Waals surface area (Å²) in [6.07, 6.45) is 5.03. The van der Waals surface area contributed by atoms with E-state index in [-0.39, 0.29) is 18.4 Å². The molecule has 0 spiro atoms. The van der Waals surface area contributed by atoms with E-state index >= 15 is 0 Å². The van der Waals surface area contributed by atoms with Crippen LogP contribution in [0.5, 0.6) is 0 Å². The molecular formula is C20H28N2O4. The van der Waals surface area contributed by atoms with Gasteiger partial charge in [0, 0.05) is 25.7 Å². The highest BCUT2D eigenvalue weighted by atomic mass is 16.5. The lowest BCUT2D eigenvalue weighted by Gasteiger charge is -2.35. The van der Waals surface area contributed by atoms with Crippen molar-refractivity contribution in [2.24, 2.45) is 5.41 Å². The highest BCUT2D eigenvalue weighted by Gasteiger charge is 2.42. The third kappa shape index (κ3) is 4.43. The topological polar surface area (TPSA) is 87.7 Å². The Morgan fingerprint density at radius 1 is 1.08 bits per heavy atom. The molecule has 6 nitrogen and oxygen atoms in total. The van der Waals surface area contributed by atoms with Gasteiger partial charge in [0.25, 0.3) is 0 Å². The second-order valence-electron chi connectivity index (χ2n) is 7.54. The summed E-state index contributed by atoms with van der Waals surface area (Å²) in [7, 11) is 0. The van der Waals surface area contributed by atoms with Gasteiger partial charge in [-0.15, -0.1) is 0 Å². The maximum atomic E-state index is 12.5. The minimum Gasteiger partial charge on any atom is -0.381 e. The maximum absolute atomic E-state index is 12.5. The van der Waals surface area contributed by atoms with Crippen molar-refractivity contribution >= 4 is 11.8 Å². The van der Waals surface area contributed by atoms with Gasteiger partial charge in [-0.25, -0.2) is 5.48 Å². The number of carbonyl (C=O) groups is 2. The molecule has 1 aromatic rings. The quantitative estimate of drug-likeness (QED) is 0.556. The fourth-order valence-electron chi connectivity index (χ4n) is 4.25. The van der Waals surface area contributed by atoms with Gasteiger partial charge >= 0.3 is 0 Å². The Bertz CT molecular complexity index is 605. The average Bonchev–Trinajstić information content (AvgIpc) is 2.69. The molecule has 1 aliphatic carbocycles. The molecule has 1 aliphatic heterocycles.